The first-order valence-corrected chi connectivity index (χ1v) is 9.88. The molecule has 0 radical (unpaired) electrons. The number of hydrogen-bond donors (Lipinski definition) is 0. The zero-order valence-corrected chi connectivity index (χ0v) is 16.9. The van der Waals surface area contributed by atoms with E-state index in [0.29, 0.717) is 45.1 Å². The van der Waals surface area contributed by atoms with Crippen molar-refractivity contribution in [1.29, 1.82) is 0 Å². The Balaban J connectivity index is 1.71. The third kappa shape index (κ3) is 4.67. The molecule has 2 aromatic heterocycles. The summed E-state index contributed by atoms with van der Waals surface area (Å²) in [4.78, 5) is 24.4. The van der Waals surface area contributed by atoms with Crippen LogP contribution in [0.1, 0.15) is 5.69 Å². The molecule has 0 fully saturated rings. The number of carbonyl (C=O) groups is 1. The fraction of sp³-hybridized carbons (Fsp3) is 0.0476. The van der Waals surface area contributed by atoms with Gasteiger partial charge in [-0.3, -0.25) is 14.8 Å². The molecule has 9 heteroatoms. The number of benzene rings is 2. The summed E-state index contributed by atoms with van der Waals surface area (Å²) in [7, 11) is 0. The first-order valence-electron chi connectivity index (χ1n) is 8.69. The van der Waals surface area contributed by atoms with E-state index in [2.05, 4.69) is 19.7 Å². The smallest absolute Gasteiger partial charge is 0.293 e. The lowest BCUT2D eigenvalue weighted by atomic mass is 10.2. The highest BCUT2D eigenvalue weighted by Crippen LogP contribution is 2.38. The molecule has 0 spiro atoms. The maximum Gasteiger partial charge on any atom is 0.293 e. The Labute approximate surface area is 180 Å². The van der Waals surface area contributed by atoms with Crippen molar-refractivity contribution >= 4 is 29.8 Å². The molecule has 0 aliphatic carbocycles. The van der Waals surface area contributed by atoms with Crippen LogP contribution >= 0.6 is 23.4 Å². The number of ether oxygens (including phenoxy) is 1. The summed E-state index contributed by atoms with van der Waals surface area (Å²) in [5.74, 6) is -0.0167. The van der Waals surface area contributed by atoms with Crippen molar-refractivity contribution in [2.45, 2.75) is 16.6 Å². The van der Waals surface area contributed by atoms with Gasteiger partial charge < -0.3 is 9.15 Å². The average Bonchev–Trinajstić information content (AvgIpc) is 3.18. The van der Waals surface area contributed by atoms with Crippen molar-refractivity contribution < 1.29 is 18.3 Å². The molecule has 0 saturated carbocycles. The van der Waals surface area contributed by atoms with Crippen LogP contribution < -0.4 is 0 Å². The quantitative estimate of drug-likeness (QED) is 0.354. The van der Waals surface area contributed by atoms with E-state index in [1.165, 1.54) is 36.3 Å². The molecular weight excluding hydrogens is 429 g/mol. The normalized spacial score (nSPS) is 10.7. The Bertz CT molecular complexity index is 1150. The third-order valence-corrected chi connectivity index (χ3v) is 5.18. The van der Waals surface area contributed by atoms with Crippen LogP contribution in [0, 0.1) is 5.82 Å². The molecule has 0 bridgehead atoms. The molecule has 150 valence electrons. The monoisotopic (exact) mass is 441 g/mol. The Morgan fingerprint density at radius 3 is 2.50 bits per heavy atom. The molecule has 2 heterocycles. The number of hydrogen-bond acceptors (Lipinski definition) is 7. The van der Waals surface area contributed by atoms with Crippen LogP contribution in [0.15, 0.2) is 75.3 Å². The third-order valence-electron chi connectivity index (χ3n) is 3.96. The summed E-state index contributed by atoms with van der Waals surface area (Å²) < 4.78 is 24.0. The summed E-state index contributed by atoms with van der Waals surface area (Å²) in [6, 6.07) is 13.1. The number of carbonyl (C=O) groups excluding carboxylic acids is 1. The van der Waals surface area contributed by atoms with Gasteiger partial charge >= 0.3 is 0 Å². The largest absolute Gasteiger partial charge is 0.461 e. The summed E-state index contributed by atoms with van der Waals surface area (Å²) in [6.45, 7) is 0.381. The highest BCUT2D eigenvalue weighted by Gasteiger charge is 2.19. The summed E-state index contributed by atoms with van der Waals surface area (Å²) >= 11 is 7.32. The molecule has 2 aromatic carbocycles. The van der Waals surface area contributed by atoms with Gasteiger partial charge in [-0.15, -0.1) is 0 Å². The van der Waals surface area contributed by atoms with Gasteiger partial charge in [0.05, 0.1) is 18.1 Å². The zero-order chi connectivity index (χ0) is 20.9. The Kier molecular flexibility index (Phi) is 6.06. The Hall–Kier alpha value is -3.23. The summed E-state index contributed by atoms with van der Waals surface area (Å²) in [5.41, 5.74) is 2.10. The number of oxazole rings is 1. The molecule has 4 aromatic rings. The molecule has 0 atom stereocenters. The minimum absolute atomic E-state index is 0.0306. The number of nitrogens with zero attached hydrogens (tertiary/aromatic N) is 3. The number of rotatable bonds is 7. The molecule has 0 aliphatic heterocycles. The van der Waals surface area contributed by atoms with E-state index in [4.69, 9.17) is 16.0 Å². The first-order chi connectivity index (χ1) is 14.6. The zero-order valence-electron chi connectivity index (χ0n) is 15.3. The van der Waals surface area contributed by atoms with Crippen LogP contribution in [-0.4, -0.2) is 21.4 Å². The molecule has 6 nitrogen and oxygen atoms in total. The second kappa shape index (κ2) is 9.06. The summed E-state index contributed by atoms with van der Waals surface area (Å²) in [5, 5.41) is 1.13. The van der Waals surface area contributed by atoms with E-state index in [9.17, 15) is 9.18 Å². The predicted octanol–water partition coefficient (Wildman–Crippen LogP) is 5.42. The van der Waals surface area contributed by atoms with Crippen molar-refractivity contribution in [1.82, 2.24) is 15.0 Å². The molecule has 0 amide bonds. The lowest BCUT2D eigenvalue weighted by Gasteiger charge is -2.02. The van der Waals surface area contributed by atoms with Crippen LogP contribution in [0.4, 0.5) is 4.39 Å². The van der Waals surface area contributed by atoms with Crippen molar-refractivity contribution in [3.05, 3.63) is 77.5 Å². The average molecular weight is 442 g/mol. The minimum Gasteiger partial charge on any atom is -0.461 e. The molecule has 30 heavy (non-hydrogen) atoms. The number of halogens is 2. The molecule has 0 saturated heterocycles. The maximum absolute atomic E-state index is 13.3. The minimum atomic E-state index is -0.347. The van der Waals surface area contributed by atoms with Gasteiger partial charge in [0.15, 0.2) is 5.09 Å². The van der Waals surface area contributed by atoms with Gasteiger partial charge in [-0.1, -0.05) is 11.6 Å². The molecule has 0 N–H and O–H groups in total. The van der Waals surface area contributed by atoms with Crippen molar-refractivity contribution in [2.24, 2.45) is 0 Å². The van der Waals surface area contributed by atoms with Crippen LogP contribution in [-0.2, 0) is 16.1 Å². The van der Waals surface area contributed by atoms with Gasteiger partial charge in [-0.05, 0) is 60.3 Å². The second-order valence-electron chi connectivity index (χ2n) is 6.02. The van der Waals surface area contributed by atoms with Gasteiger partial charge in [0, 0.05) is 15.5 Å². The van der Waals surface area contributed by atoms with E-state index >= 15 is 0 Å². The lowest BCUT2D eigenvalue weighted by Crippen LogP contribution is -1.96. The van der Waals surface area contributed by atoms with Gasteiger partial charge in [0.1, 0.15) is 23.8 Å². The standard InChI is InChI=1S/C21H13ClFN3O3S/c22-14-3-7-17(8-4-14)30-21-19(18-10-24-16(9-25-18)11-28-12-27)26-20(29-21)13-1-5-15(23)6-2-13/h1-10,12H,11H2. The van der Waals surface area contributed by atoms with E-state index in [1.54, 1.807) is 24.3 Å². The fourth-order valence-corrected chi connectivity index (χ4v) is 3.51. The predicted molar refractivity (Wildman–Crippen MR) is 109 cm³/mol. The van der Waals surface area contributed by atoms with E-state index in [-0.39, 0.29) is 12.4 Å². The van der Waals surface area contributed by atoms with E-state index < -0.39 is 0 Å². The topological polar surface area (TPSA) is 78.1 Å². The molecule has 0 aliphatic rings. The van der Waals surface area contributed by atoms with Crippen LogP contribution in [0.5, 0.6) is 0 Å². The van der Waals surface area contributed by atoms with Gasteiger partial charge in [-0.2, -0.15) is 0 Å². The fourth-order valence-electron chi connectivity index (χ4n) is 2.53. The SMILES string of the molecule is O=COCc1cnc(-c2nc(-c3ccc(F)cc3)oc2Sc2ccc(Cl)cc2)cn1. The Morgan fingerprint density at radius 2 is 1.83 bits per heavy atom. The maximum atomic E-state index is 13.3. The van der Waals surface area contributed by atoms with Crippen LogP contribution in [0.2, 0.25) is 5.02 Å². The van der Waals surface area contributed by atoms with Crippen molar-refractivity contribution in [3.8, 4) is 22.8 Å². The van der Waals surface area contributed by atoms with Crippen molar-refractivity contribution in [2.75, 3.05) is 0 Å². The summed E-state index contributed by atoms with van der Waals surface area (Å²) in [6.07, 6.45) is 3.03. The van der Waals surface area contributed by atoms with Crippen LogP contribution in [0.25, 0.3) is 22.8 Å². The second-order valence-corrected chi connectivity index (χ2v) is 7.50. The van der Waals surface area contributed by atoms with Gasteiger partial charge in [-0.25, -0.2) is 9.37 Å². The highest BCUT2D eigenvalue weighted by molar-refractivity contribution is 7.99. The highest BCUT2D eigenvalue weighted by atomic mass is 35.5. The van der Waals surface area contributed by atoms with Crippen LogP contribution in [0.3, 0.4) is 0 Å². The van der Waals surface area contributed by atoms with E-state index in [0.717, 1.165) is 4.90 Å². The van der Waals surface area contributed by atoms with Gasteiger partial charge in [0.2, 0.25) is 5.89 Å². The molecular formula is C21H13ClFN3O3S. The Morgan fingerprint density at radius 1 is 1.07 bits per heavy atom. The van der Waals surface area contributed by atoms with E-state index in [1.807, 2.05) is 12.1 Å². The number of aromatic nitrogens is 3. The lowest BCUT2D eigenvalue weighted by molar-refractivity contribution is -0.129. The van der Waals surface area contributed by atoms with Gasteiger partial charge in [0.25, 0.3) is 6.47 Å². The molecule has 4 rings (SSSR count). The first kappa shape index (κ1) is 20.1. The van der Waals surface area contributed by atoms with Crippen molar-refractivity contribution in [3.63, 3.8) is 0 Å². The molecule has 0 unspecified atom stereocenters.